The van der Waals surface area contributed by atoms with Gasteiger partial charge in [-0.25, -0.2) is 0 Å². The number of aliphatic hydroxyl groups is 1. The molecule has 0 amide bonds. The Kier molecular flexibility index (Phi) is 5.31. The Morgan fingerprint density at radius 2 is 1.67 bits per heavy atom. The second kappa shape index (κ2) is 7.34. The molecule has 0 bridgehead atoms. The normalized spacial score (nSPS) is 55.2. The average Bonchev–Trinajstić information content (AvgIpc) is 2.75. The topological polar surface area (TPSA) is 46.5 Å². The molecule has 5 rings (SSSR count). The predicted molar refractivity (Wildman–Crippen MR) is 132 cm³/mol. The number of ether oxygens (including phenoxy) is 1. The first-order chi connectivity index (χ1) is 15.4. The molecule has 10 atom stereocenters. The molecular weight excluding hydrogens is 408 g/mol. The van der Waals surface area contributed by atoms with Gasteiger partial charge in [-0.15, -0.1) is 0 Å². The molecule has 0 aliphatic heterocycles. The van der Waals surface area contributed by atoms with Gasteiger partial charge < -0.3 is 9.84 Å². The zero-order chi connectivity index (χ0) is 24.0. The van der Waals surface area contributed by atoms with Gasteiger partial charge in [-0.1, -0.05) is 60.1 Å². The van der Waals surface area contributed by atoms with Crippen LogP contribution in [0.1, 0.15) is 106 Å². The summed E-state index contributed by atoms with van der Waals surface area (Å²) >= 11 is 0. The summed E-state index contributed by atoms with van der Waals surface area (Å²) in [5, 5.41) is 10.9. The number of rotatable bonds is 2. The van der Waals surface area contributed by atoms with E-state index in [0.717, 1.165) is 51.4 Å². The first-order valence-electron chi connectivity index (χ1n) is 13.9. The maximum atomic E-state index is 11.7. The summed E-state index contributed by atoms with van der Waals surface area (Å²) in [5.41, 5.74) is 2.03. The molecule has 10 unspecified atom stereocenters. The van der Waals surface area contributed by atoms with Crippen molar-refractivity contribution >= 4 is 6.47 Å². The van der Waals surface area contributed by atoms with Crippen LogP contribution in [-0.2, 0) is 9.53 Å². The minimum Gasteiger partial charge on any atom is -0.461 e. The van der Waals surface area contributed by atoms with Crippen molar-refractivity contribution in [2.45, 2.75) is 118 Å². The molecule has 186 valence electrons. The molecule has 0 aromatic heterocycles. The van der Waals surface area contributed by atoms with Gasteiger partial charge in [0, 0.05) is 5.92 Å². The van der Waals surface area contributed by atoms with Crippen LogP contribution in [0.3, 0.4) is 0 Å². The fourth-order valence-corrected chi connectivity index (χ4v) is 10.7. The van der Waals surface area contributed by atoms with Crippen molar-refractivity contribution in [3.63, 3.8) is 0 Å². The smallest absolute Gasteiger partial charge is 0.293 e. The second-order valence-corrected chi connectivity index (χ2v) is 14.3. The number of hydrogen-bond donors (Lipinski definition) is 1. The van der Waals surface area contributed by atoms with Crippen molar-refractivity contribution in [3.05, 3.63) is 11.6 Å². The highest BCUT2D eigenvalue weighted by Crippen LogP contribution is 2.75. The zero-order valence-electron chi connectivity index (χ0n) is 22.2. The third-order valence-electron chi connectivity index (χ3n) is 13.2. The van der Waals surface area contributed by atoms with Crippen LogP contribution in [0.25, 0.3) is 0 Å². The van der Waals surface area contributed by atoms with Gasteiger partial charge in [0.25, 0.3) is 6.47 Å². The molecular formula is C30H48O3. The lowest BCUT2D eigenvalue weighted by Gasteiger charge is -2.71. The summed E-state index contributed by atoms with van der Waals surface area (Å²) in [7, 11) is 0. The van der Waals surface area contributed by atoms with Crippen LogP contribution in [0.15, 0.2) is 11.6 Å². The zero-order valence-corrected chi connectivity index (χ0v) is 22.2. The largest absolute Gasteiger partial charge is 0.461 e. The Balaban J connectivity index is 1.60. The second-order valence-electron chi connectivity index (χ2n) is 14.3. The third-order valence-corrected chi connectivity index (χ3v) is 13.2. The predicted octanol–water partition coefficient (Wildman–Crippen LogP) is 6.93. The van der Waals surface area contributed by atoms with Crippen LogP contribution in [0, 0.1) is 51.2 Å². The Labute approximate surface area is 202 Å². The highest BCUT2D eigenvalue weighted by Gasteiger charge is 2.69. The van der Waals surface area contributed by atoms with E-state index >= 15 is 0 Å². The number of hydrogen-bond acceptors (Lipinski definition) is 3. The maximum absolute atomic E-state index is 11.7. The molecule has 0 spiro atoms. The van der Waals surface area contributed by atoms with Crippen molar-refractivity contribution in [1.29, 1.82) is 0 Å². The molecule has 0 aromatic rings. The van der Waals surface area contributed by atoms with Gasteiger partial charge in [-0.05, 0) is 103 Å². The van der Waals surface area contributed by atoms with Crippen molar-refractivity contribution < 1.29 is 14.6 Å². The molecule has 3 heteroatoms. The third kappa shape index (κ3) is 2.87. The average molecular weight is 457 g/mol. The Morgan fingerprint density at radius 3 is 2.36 bits per heavy atom. The Hall–Kier alpha value is -0.830. The van der Waals surface area contributed by atoms with E-state index in [-0.39, 0.29) is 33.4 Å². The molecule has 4 saturated carbocycles. The van der Waals surface area contributed by atoms with Gasteiger partial charge in [-0.2, -0.15) is 0 Å². The summed E-state index contributed by atoms with van der Waals surface area (Å²) < 4.78 is 6.05. The number of fused-ring (bicyclic) bond motifs is 7. The van der Waals surface area contributed by atoms with Gasteiger partial charge in [0.15, 0.2) is 0 Å². The molecule has 3 nitrogen and oxygen atoms in total. The summed E-state index contributed by atoms with van der Waals surface area (Å²) in [6, 6.07) is 0. The molecule has 1 N–H and O–H groups in total. The van der Waals surface area contributed by atoms with E-state index in [4.69, 9.17) is 4.74 Å². The number of allylic oxidation sites excluding steroid dienone is 1. The van der Waals surface area contributed by atoms with E-state index in [1.807, 2.05) is 0 Å². The lowest BCUT2D eigenvalue weighted by Crippen LogP contribution is -2.66. The minimum absolute atomic E-state index is 0.00788. The first-order valence-corrected chi connectivity index (χ1v) is 13.9. The molecule has 0 heterocycles. The molecule has 33 heavy (non-hydrogen) atoms. The van der Waals surface area contributed by atoms with Crippen LogP contribution in [-0.4, -0.2) is 23.3 Å². The Bertz CT molecular complexity index is 845. The first kappa shape index (κ1) is 23.9. The number of aliphatic hydroxyl groups excluding tert-OH is 1. The van der Waals surface area contributed by atoms with Gasteiger partial charge in [0.2, 0.25) is 0 Å². The molecule has 5 aliphatic carbocycles. The van der Waals surface area contributed by atoms with E-state index in [2.05, 4.69) is 54.5 Å². The van der Waals surface area contributed by atoms with Crippen molar-refractivity contribution in [1.82, 2.24) is 0 Å². The van der Waals surface area contributed by atoms with Gasteiger partial charge in [0.05, 0.1) is 6.10 Å². The summed E-state index contributed by atoms with van der Waals surface area (Å²) in [6.07, 6.45) is 12.5. The van der Waals surface area contributed by atoms with Gasteiger partial charge in [-0.3, -0.25) is 4.79 Å². The molecule has 0 aromatic carbocycles. The molecule has 0 radical (unpaired) electrons. The van der Waals surface area contributed by atoms with Crippen LogP contribution in [0.2, 0.25) is 0 Å². The van der Waals surface area contributed by atoms with Crippen molar-refractivity contribution in [2.75, 3.05) is 0 Å². The Morgan fingerprint density at radius 1 is 0.939 bits per heavy atom. The van der Waals surface area contributed by atoms with Crippen LogP contribution >= 0.6 is 0 Å². The fourth-order valence-electron chi connectivity index (χ4n) is 10.7. The van der Waals surface area contributed by atoms with E-state index in [1.54, 1.807) is 5.57 Å². The van der Waals surface area contributed by atoms with Gasteiger partial charge in [0.1, 0.15) is 5.60 Å². The minimum atomic E-state index is -0.291. The van der Waals surface area contributed by atoms with Crippen molar-refractivity contribution in [3.8, 4) is 0 Å². The standard InChI is InChI=1S/C30H48O3/c1-19-10-15-30(33-18-31)17-16-28(6)21(25(30)20(19)2)8-9-23-27(5)13-12-24(32)26(3,4)22(27)11-14-29(23,28)7/h8,18-20,22-25,32H,9-17H2,1-7H3. The fraction of sp³-hybridized carbons (Fsp3) is 0.900. The maximum Gasteiger partial charge on any atom is 0.293 e. The summed E-state index contributed by atoms with van der Waals surface area (Å²) in [5.74, 6) is 2.81. The summed E-state index contributed by atoms with van der Waals surface area (Å²) in [6.45, 7) is 18.0. The van der Waals surface area contributed by atoms with Crippen LogP contribution in [0.5, 0.6) is 0 Å². The lowest BCUT2D eigenvalue weighted by molar-refractivity contribution is -0.213. The highest BCUT2D eigenvalue weighted by molar-refractivity contribution is 5.42. The monoisotopic (exact) mass is 456 g/mol. The van der Waals surface area contributed by atoms with E-state index in [0.29, 0.717) is 29.6 Å². The molecule has 4 fully saturated rings. The summed E-state index contributed by atoms with van der Waals surface area (Å²) in [4.78, 5) is 11.7. The highest BCUT2D eigenvalue weighted by atomic mass is 16.5. The van der Waals surface area contributed by atoms with E-state index in [1.165, 1.54) is 12.8 Å². The van der Waals surface area contributed by atoms with E-state index in [9.17, 15) is 9.90 Å². The number of carbonyl (C=O) groups excluding carboxylic acids is 1. The van der Waals surface area contributed by atoms with Crippen LogP contribution < -0.4 is 0 Å². The van der Waals surface area contributed by atoms with Crippen molar-refractivity contribution in [2.24, 2.45) is 51.2 Å². The van der Waals surface area contributed by atoms with Crippen LogP contribution in [0.4, 0.5) is 0 Å². The van der Waals surface area contributed by atoms with E-state index < -0.39 is 0 Å². The quantitative estimate of drug-likeness (QED) is 0.362. The number of carbonyl (C=O) groups is 1. The SMILES string of the molecule is CC1CCC2(OC=O)CCC3(C)C(=CCC4C5(C)CCC(O)C(C)(C)C5CCC43C)C2C1C. The molecule has 0 saturated heterocycles. The van der Waals surface area contributed by atoms with Gasteiger partial charge >= 0.3 is 0 Å². The lowest BCUT2D eigenvalue weighted by atomic mass is 9.34. The molecule has 5 aliphatic rings.